The summed E-state index contributed by atoms with van der Waals surface area (Å²) < 4.78 is 0. The van der Waals surface area contributed by atoms with Gasteiger partial charge in [0.15, 0.2) is 0 Å². The third-order valence-corrected chi connectivity index (χ3v) is 4.88. The minimum Gasteiger partial charge on any atom is -0.330 e. The number of benzene rings is 1. The minimum absolute atomic E-state index is 0.376. The van der Waals surface area contributed by atoms with Crippen LogP contribution in [0.15, 0.2) is 24.3 Å². The number of nitrogens with two attached hydrogens (primary N) is 1. The smallest absolute Gasteiger partial charge is 0.00173 e. The van der Waals surface area contributed by atoms with E-state index in [1.165, 1.54) is 49.7 Å². The predicted octanol–water partition coefficient (Wildman–Crippen LogP) is 4.08. The Labute approximate surface area is 112 Å². The summed E-state index contributed by atoms with van der Waals surface area (Å²) in [6, 6.07) is 8.99. The summed E-state index contributed by atoms with van der Waals surface area (Å²) in [6.07, 6.45) is 7.89. The Kier molecular flexibility index (Phi) is 4.45. The van der Waals surface area contributed by atoms with E-state index < -0.39 is 0 Å². The van der Waals surface area contributed by atoms with Gasteiger partial charge in [-0.2, -0.15) is 0 Å². The van der Waals surface area contributed by atoms with Gasteiger partial charge in [-0.1, -0.05) is 43.2 Å². The van der Waals surface area contributed by atoms with Crippen LogP contribution in [0.4, 0.5) is 0 Å². The second-order valence-electron chi connectivity index (χ2n) is 6.22. The third-order valence-electron chi connectivity index (χ3n) is 4.88. The highest BCUT2D eigenvalue weighted by Crippen LogP contribution is 2.41. The molecule has 100 valence electrons. The second kappa shape index (κ2) is 5.88. The van der Waals surface area contributed by atoms with Crippen molar-refractivity contribution in [2.24, 2.45) is 17.1 Å². The first-order valence-electron chi connectivity index (χ1n) is 7.43. The van der Waals surface area contributed by atoms with Crippen molar-refractivity contribution < 1.29 is 0 Å². The highest BCUT2D eigenvalue weighted by atomic mass is 14.6. The van der Waals surface area contributed by atoms with Crippen molar-refractivity contribution >= 4 is 0 Å². The summed E-state index contributed by atoms with van der Waals surface area (Å²) in [5.41, 5.74) is 9.28. The first kappa shape index (κ1) is 13.6. The Morgan fingerprint density at radius 1 is 1.17 bits per heavy atom. The van der Waals surface area contributed by atoms with Crippen LogP contribution in [0.25, 0.3) is 0 Å². The summed E-state index contributed by atoms with van der Waals surface area (Å²) in [6.45, 7) is 5.31. The zero-order chi connectivity index (χ0) is 13.0. The van der Waals surface area contributed by atoms with E-state index in [1.54, 1.807) is 0 Å². The highest BCUT2D eigenvalue weighted by molar-refractivity contribution is 5.22. The van der Waals surface area contributed by atoms with Crippen molar-refractivity contribution in [3.05, 3.63) is 35.4 Å². The average Bonchev–Trinajstić information content (AvgIpc) is 2.42. The van der Waals surface area contributed by atoms with Crippen LogP contribution in [0.3, 0.4) is 0 Å². The normalized spacial score (nSPS) is 28.3. The molecule has 1 aromatic rings. The van der Waals surface area contributed by atoms with Gasteiger partial charge in [0, 0.05) is 0 Å². The van der Waals surface area contributed by atoms with Crippen LogP contribution in [0.2, 0.25) is 0 Å². The maximum atomic E-state index is 6.10. The molecule has 0 heterocycles. The molecule has 18 heavy (non-hydrogen) atoms. The molecule has 1 fully saturated rings. The van der Waals surface area contributed by atoms with Crippen LogP contribution in [-0.4, -0.2) is 6.54 Å². The molecule has 1 heteroatoms. The standard InChI is InChI=1S/C17H27N/c1-3-15-8-10-17(13-18,11-9-15)12-16-6-4-14(2)5-7-16/h4-7,15H,3,8-13,18H2,1-2H3. The molecule has 2 rings (SSSR count). The molecule has 0 bridgehead atoms. The van der Waals surface area contributed by atoms with Gasteiger partial charge >= 0.3 is 0 Å². The van der Waals surface area contributed by atoms with Crippen LogP contribution >= 0.6 is 0 Å². The van der Waals surface area contributed by atoms with E-state index in [1.807, 2.05) is 0 Å². The van der Waals surface area contributed by atoms with Gasteiger partial charge in [0.2, 0.25) is 0 Å². The van der Waals surface area contributed by atoms with Crippen LogP contribution < -0.4 is 5.73 Å². The summed E-state index contributed by atoms with van der Waals surface area (Å²) in [7, 11) is 0. The molecule has 1 aromatic carbocycles. The zero-order valence-corrected chi connectivity index (χ0v) is 11.9. The van der Waals surface area contributed by atoms with Crippen molar-refractivity contribution in [2.75, 3.05) is 6.54 Å². The first-order chi connectivity index (χ1) is 8.67. The van der Waals surface area contributed by atoms with E-state index >= 15 is 0 Å². The summed E-state index contributed by atoms with van der Waals surface area (Å²) in [5.74, 6) is 0.947. The maximum absolute atomic E-state index is 6.10. The molecule has 1 saturated carbocycles. The van der Waals surface area contributed by atoms with E-state index in [0.717, 1.165) is 12.5 Å². The summed E-state index contributed by atoms with van der Waals surface area (Å²) in [5, 5.41) is 0. The molecule has 0 radical (unpaired) electrons. The van der Waals surface area contributed by atoms with Crippen molar-refractivity contribution in [3.63, 3.8) is 0 Å². The fourth-order valence-corrected chi connectivity index (χ4v) is 3.29. The Bertz CT molecular complexity index is 358. The van der Waals surface area contributed by atoms with Gasteiger partial charge in [0.05, 0.1) is 0 Å². The molecule has 0 aliphatic heterocycles. The van der Waals surface area contributed by atoms with Crippen LogP contribution in [0, 0.1) is 18.3 Å². The van der Waals surface area contributed by atoms with Gasteiger partial charge in [-0.15, -0.1) is 0 Å². The van der Waals surface area contributed by atoms with E-state index in [0.29, 0.717) is 5.41 Å². The van der Waals surface area contributed by atoms with E-state index in [9.17, 15) is 0 Å². The fraction of sp³-hybridized carbons (Fsp3) is 0.647. The molecule has 0 unspecified atom stereocenters. The quantitative estimate of drug-likeness (QED) is 0.849. The van der Waals surface area contributed by atoms with Crippen molar-refractivity contribution in [1.29, 1.82) is 0 Å². The molecule has 0 spiro atoms. The lowest BCUT2D eigenvalue weighted by atomic mass is 9.67. The molecular weight excluding hydrogens is 218 g/mol. The van der Waals surface area contributed by atoms with Gasteiger partial charge in [0.25, 0.3) is 0 Å². The topological polar surface area (TPSA) is 26.0 Å². The lowest BCUT2D eigenvalue weighted by Crippen LogP contribution is -2.36. The van der Waals surface area contributed by atoms with E-state index in [4.69, 9.17) is 5.73 Å². The molecule has 1 aliphatic carbocycles. The largest absolute Gasteiger partial charge is 0.330 e. The number of rotatable bonds is 4. The lowest BCUT2D eigenvalue weighted by molar-refractivity contribution is 0.153. The molecule has 0 atom stereocenters. The zero-order valence-electron chi connectivity index (χ0n) is 11.9. The molecule has 1 aliphatic rings. The molecular formula is C17H27N. The monoisotopic (exact) mass is 245 g/mol. The molecule has 0 aromatic heterocycles. The van der Waals surface area contributed by atoms with Gasteiger partial charge in [0.1, 0.15) is 0 Å². The second-order valence-corrected chi connectivity index (χ2v) is 6.22. The Hall–Kier alpha value is -0.820. The average molecular weight is 245 g/mol. The van der Waals surface area contributed by atoms with E-state index in [-0.39, 0.29) is 0 Å². The van der Waals surface area contributed by atoms with Crippen molar-refractivity contribution in [1.82, 2.24) is 0 Å². The lowest BCUT2D eigenvalue weighted by Gasteiger charge is -2.39. The first-order valence-corrected chi connectivity index (χ1v) is 7.43. The van der Waals surface area contributed by atoms with Crippen LogP contribution in [0.5, 0.6) is 0 Å². The Balaban J connectivity index is 2.03. The predicted molar refractivity (Wildman–Crippen MR) is 78.6 cm³/mol. The van der Waals surface area contributed by atoms with Crippen LogP contribution in [-0.2, 0) is 6.42 Å². The third kappa shape index (κ3) is 3.14. The Morgan fingerprint density at radius 3 is 2.28 bits per heavy atom. The summed E-state index contributed by atoms with van der Waals surface area (Å²) >= 11 is 0. The molecule has 2 N–H and O–H groups in total. The number of aryl methyl sites for hydroxylation is 1. The minimum atomic E-state index is 0.376. The summed E-state index contributed by atoms with van der Waals surface area (Å²) in [4.78, 5) is 0. The van der Waals surface area contributed by atoms with E-state index in [2.05, 4.69) is 38.1 Å². The molecule has 0 saturated heterocycles. The Morgan fingerprint density at radius 2 is 1.78 bits per heavy atom. The van der Waals surface area contributed by atoms with Crippen LogP contribution in [0.1, 0.15) is 50.2 Å². The highest BCUT2D eigenvalue weighted by Gasteiger charge is 2.33. The van der Waals surface area contributed by atoms with Crippen molar-refractivity contribution in [3.8, 4) is 0 Å². The number of hydrogen-bond acceptors (Lipinski definition) is 1. The van der Waals surface area contributed by atoms with Gasteiger partial charge in [-0.3, -0.25) is 0 Å². The SMILES string of the molecule is CCC1CCC(CN)(Cc2ccc(C)cc2)CC1. The molecule has 0 amide bonds. The molecule has 1 nitrogen and oxygen atoms in total. The van der Waals surface area contributed by atoms with Gasteiger partial charge in [-0.05, 0) is 62.5 Å². The fourth-order valence-electron chi connectivity index (χ4n) is 3.29. The van der Waals surface area contributed by atoms with Gasteiger partial charge < -0.3 is 5.73 Å². The maximum Gasteiger partial charge on any atom is -0.00173 e. The van der Waals surface area contributed by atoms with Gasteiger partial charge in [-0.25, -0.2) is 0 Å². The number of hydrogen-bond donors (Lipinski definition) is 1. The van der Waals surface area contributed by atoms with Crippen molar-refractivity contribution in [2.45, 2.75) is 52.4 Å².